The van der Waals surface area contributed by atoms with E-state index in [1.807, 2.05) is 11.8 Å². The molecular weight excluding hydrogens is 166 g/mol. The number of hydrogen-bond donors (Lipinski definition) is 0. The molecule has 0 saturated heterocycles. The third-order valence-electron chi connectivity index (χ3n) is 1.81. The molecule has 0 saturated carbocycles. The average Bonchev–Trinajstić information content (AvgIpc) is 2.15. The molecule has 2 heteroatoms. The summed E-state index contributed by atoms with van der Waals surface area (Å²) < 4.78 is 2.22. The summed E-state index contributed by atoms with van der Waals surface area (Å²) in [6.45, 7) is 4.37. The lowest BCUT2D eigenvalue weighted by molar-refractivity contribution is -0.676. The smallest absolute Gasteiger partial charge is 0.194 e. The van der Waals surface area contributed by atoms with Gasteiger partial charge in [-0.25, -0.2) is 0 Å². The van der Waals surface area contributed by atoms with Gasteiger partial charge in [0.05, 0.1) is 0 Å². The highest BCUT2D eigenvalue weighted by Crippen LogP contribution is 1.99. The normalized spacial score (nSPS) is 10.2. The molecule has 1 nitrogen and oxygen atoms in total. The fraction of sp³-hybridized carbons (Fsp3) is 0.500. The zero-order chi connectivity index (χ0) is 8.81. The second-order valence-electron chi connectivity index (χ2n) is 2.70. The highest BCUT2D eigenvalue weighted by Gasteiger charge is 1.97. The van der Waals surface area contributed by atoms with Crippen molar-refractivity contribution in [1.29, 1.82) is 0 Å². The first-order valence-corrected chi connectivity index (χ1v) is 5.58. The third-order valence-corrected chi connectivity index (χ3v) is 2.70. The van der Waals surface area contributed by atoms with Crippen LogP contribution in [0.4, 0.5) is 0 Å². The van der Waals surface area contributed by atoms with E-state index in [1.165, 1.54) is 11.3 Å². The van der Waals surface area contributed by atoms with Crippen LogP contribution in [0.2, 0.25) is 0 Å². The Bertz CT molecular complexity index is 218. The van der Waals surface area contributed by atoms with Crippen molar-refractivity contribution in [3.05, 3.63) is 30.1 Å². The van der Waals surface area contributed by atoms with Crippen molar-refractivity contribution in [3.8, 4) is 0 Å². The van der Waals surface area contributed by atoms with Crippen molar-refractivity contribution in [2.75, 3.05) is 5.75 Å². The van der Waals surface area contributed by atoms with Crippen molar-refractivity contribution >= 4 is 11.8 Å². The minimum Gasteiger partial charge on any atom is -0.195 e. The number of nitrogens with zero attached hydrogens (tertiary/aromatic N) is 1. The number of thioether (sulfide) groups is 1. The van der Waals surface area contributed by atoms with E-state index in [9.17, 15) is 0 Å². The molecule has 0 aliphatic rings. The summed E-state index contributed by atoms with van der Waals surface area (Å²) in [4.78, 5) is 0. The van der Waals surface area contributed by atoms with Gasteiger partial charge < -0.3 is 0 Å². The Morgan fingerprint density at radius 3 is 2.42 bits per heavy atom. The maximum atomic E-state index is 2.22. The number of pyridine rings is 1. The summed E-state index contributed by atoms with van der Waals surface area (Å²) in [7, 11) is 0. The Morgan fingerprint density at radius 2 is 1.92 bits per heavy atom. The molecule has 1 aromatic rings. The lowest BCUT2D eigenvalue weighted by Crippen LogP contribution is -2.30. The van der Waals surface area contributed by atoms with Crippen LogP contribution in [0.25, 0.3) is 0 Å². The van der Waals surface area contributed by atoms with Crippen LogP contribution in [0.3, 0.4) is 0 Å². The molecule has 66 valence electrons. The molecule has 0 aliphatic heterocycles. The molecule has 0 radical (unpaired) electrons. The van der Waals surface area contributed by atoms with Gasteiger partial charge >= 0.3 is 0 Å². The van der Waals surface area contributed by atoms with Crippen LogP contribution in [0.15, 0.2) is 24.5 Å². The number of hydrogen-bond acceptors (Lipinski definition) is 1. The molecule has 0 atom stereocenters. The van der Waals surface area contributed by atoms with E-state index in [2.05, 4.69) is 42.9 Å². The minimum atomic E-state index is 1.07. The van der Waals surface area contributed by atoms with Gasteiger partial charge in [-0.2, -0.15) is 4.57 Å². The van der Waals surface area contributed by atoms with Crippen LogP contribution in [0, 0.1) is 0 Å². The van der Waals surface area contributed by atoms with Gasteiger partial charge in [0, 0.05) is 12.1 Å². The molecule has 12 heavy (non-hydrogen) atoms. The van der Waals surface area contributed by atoms with E-state index in [0.717, 1.165) is 12.3 Å². The largest absolute Gasteiger partial charge is 0.195 e. The lowest BCUT2D eigenvalue weighted by Gasteiger charge is -1.96. The predicted molar refractivity (Wildman–Crippen MR) is 54.1 cm³/mol. The van der Waals surface area contributed by atoms with Crippen molar-refractivity contribution in [2.24, 2.45) is 0 Å². The first-order valence-electron chi connectivity index (χ1n) is 4.42. The van der Waals surface area contributed by atoms with E-state index in [1.54, 1.807) is 0 Å². The van der Waals surface area contributed by atoms with Gasteiger partial charge in [0.1, 0.15) is 0 Å². The Morgan fingerprint density at radius 1 is 1.25 bits per heavy atom. The topological polar surface area (TPSA) is 3.88 Å². The average molecular weight is 182 g/mol. The van der Waals surface area contributed by atoms with Crippen LogP contribution in [-0.4, -0.2) is 5.75 Å². The second kappa shape index (κ2) is 5.20. The number of aryl methyl sites for hydroxylation is 1. The molecule has 0 aromatic carbocycles. The molecule has 0 N–H and O–H groups in total. The Balaban J connectivity index is 2.53. The standard InChI is InChI=1S/C10H16NS/c1-3-10-5-7-11(8-6-10)9-12-4-2/h5-8H,3-4,9H2,1-2H3/q+1. The summed E-state index contributed by atoms with van der Waals surface area (Å²) in [5.41, 5.74) is 1.41. The van der Waals surface area contributed by atoms with Gasteiger partial charge in [-0.3, -0.25) is 0 Å². The highest BCUT2D eigenvalue weighted by molar-refractivity contribution is 7.98. The van der Waals surface area contributed by atoms with Crippen LogP contribution >= 0.6 is 11.8 Å². The number of aromatic nitrogens is 1. The summed E-state index contributed by atoms with van der Waals surface area (Å²) in [5, 5.41) is 0. The lowest BCUT2D eigenvalue weighted by atomic mass is 10.2. The van der Waals surface area contributed by atoms with Crippen molar-refractivity contribution < 1.29 is 4.57 Å². The monoisotopic (exact) mass is 182 g/mol. The SMILES string of the molecule is CCSC[n+]1ccc(CC)cc1. The quantitative estimate of drug-likeness (QED) is 0.646. The zero-order valence-corrected chi connectivity index (χ0v) is 8.60. The van der Waals surface area contributed by atoms with E-state index in [-0.39, 0.29) is 0 Å². The first kappa shape index (κ1) is 9.59. The summed E-state index contributed by atoms with van der Waals surface area (Å²) in [6, 6.07) is 4.38. The van der Waals surface area contributed by atoms with Crippen LogP contribution in [-0.2, 0) is 12.3 Å². The van der Waals surface area contributed by atoms with Crippen molar-refractivity contribution in [1.82, 2.24) is 0 Å². The fourth-order valence-corrected chi connectivity index (χ4v) is 1.57. The fourth-order valence-electron chi connectivity index (χ4n) is 1.01. The summed E-state index contributed by atoms with van der Waals surface area (Å²) >= 11 is 1.94. The predicted octanol–water partition coefficient (Wildman–Crippen LogP) is 2.25. The molecule has 1 aromatic heterocycles. The zero-order valence-electron chi connectivity index (χ0n) is 7.79. The molecule has 0 amide bonds. The van der Waals surface area contributed by atoms with Gasteiger partial charge in [0.15, 0.2) is 18.3 Å². The Hall–Kier alpha value is -0.500. The molecule has 1 rings (SSSR count). The Labute approximate surface area is 78.8 Å². The molecule has 0 fully saturated rings. The van der Waals surface area contributed by atoms with E-state index < -0.39 is 0 Å². The van der Waals surface area contributed by atoms with Crippen molar-refractivity contribution in [3.63, 3.8) is 0 Å². The van der Waals surface area contributed by atoms with Crippen LogP contribution in [0.1, 0.15) is 19.4 Å². The van der Waals surface area contributed by atoms with Crippen LogP contribution in [0.5, 0.6) is 0 Å². The van der Waals surface area contributed by atoms with Crippen LogP contribution < -0.4 is 4.57 Å². The van der Waals surface area contributed by atoms with E-state index in [4.69, 9.17) is 0 Å². The summed E-state index contributed by atoms with van der Waals surface area (Å²) in [5.74, 6) is 2.25. The van der Waals surface area contributed by atoms with Gasteiger partial charge in [-0.15, -0.1) is 0 Å². The Kier molecular flexibility index (Phi) is 4.15. The maximum Gasteiger partial charge on any atom is 0.194 e. The van der Waals surface area contributed by atoms with Gasteiger partial charge in [0.25, 0.3) is 0 Å². The molecule has 1 heterocycles. The molecule has 0 unspecified atom stereocenters. The van der Waals surface area contributed by atoms with E-state index >= 15 is 0 Å². The third kappa shape index (κ3) is 2.86. The van der Waals surface area contributed by atoms with E-state index in [0.29, 0.717) is 0 Å². The number of rotatable bonds is 4. The van der Waals surface area contributed by atoms with Gasteiger partial charge in [0.2, 0.25) is 0 Å². The molecule has 0 bridgehead atoms. The molecule has 0 spiro atoms. The van der Waals surface area contributed by atoms with Crippen molar-refractivity contribution in [2.45, 2.75) is 26.1 Å². The molecular formula is C10H16NS+. The van der Waals surface area contributed by atoms with Gasteiger partial charge in [-0.1, -0.05) is 25.6 Å². The maximum absolute atomic E-state index is 2.22. The second-order valence-corrected chi connectivity index (χ2v) is 3.94. The van der Waals surface area contributed by atoms with Gasteiger partial charge in [-0.05, 0) is 17.7 Å². The molecule has 0 aliphatic carbocycles. The minimum absolute atomic E-state index is 1.07. The summed E-state index contributed by atoms with van der Waals surface area (Å²) in [6.07, 6.45) is 5.44. The highest BCUT2D eigenvalue weighted by atomic mass is 32.2. The first-order chi connectivity index (χ1) is 5.86.